The van der Waals surface area contributed by atoms with Crippen LogP contribution < -0.4 is 5.73 Å². The molecule has 2 aromatic heterocycles. The molecule has 2 N–H and O–H groups in total. The maximum Gasteiger partial charge on any atom is 0.249 e. The van der Waals surface area contributed by atoms with Gasteiger partial charge in [0.1, 0.15) is 5.65 Å². The number of hydrogen-bond acceptors (Lipinski definition) is 3. The van der Waals surface area contributed by atoms with E-state index in [0.717, 1.165) is 10.9 Å². The van der Waals surface area contributed by atoms with Crippen molar-refractivity contribution in [2.45, 2.75) is 12.5 Å². The summed E-state index contributed by atoms with van der Waals surface area (Å²) in [6, 6.07) is 14.8. The van der Waals surface area contributed by atoms with Gasteiger partial charge in [-0.15, -0.1) is 0 Å². The van der Waals surface area contributed by atoms with Crippen molar-refractivity contribution in [3.05, 3.63) is 66.5 Å². The largest absolute Gasteiger partial charge is 0.320 e. The number of rotatable bonds is 3. The Labute approximate surface area is 116 Å². The highest BCUT2D eigenvalue weighted by atomic mass is 16.2. The molecule has 1 aromatic carbocycles. The molecule has 1 unspecified atom stereocenters. The summed E-state index contributed by atoms with van der Waals surface area (Å²) in [6.07, 6.45) is 3.92. The number of fused-ring (bicyclic) bond motifs is 1. The van der Waals surface area contributed by atoms with Gasteiger partial charge in [0.15, 0.2) is 0 Å². The Hall–Kier alpha value is -2.46. The third kappa shape index (κ3) is 2.33. The van der Waals surface area contributed by atoms with Crippen LogP contribution in [0.5, 0.6) is 0 Å². The number of nitrogens with two attached hydrogens (primary N) is 1. The highest BCUT2D eigenvalue weighted by molar-refractivity contribution is 5.93. The van der Waals surface area contributed by atoms with Gasteiger partial charge in [-0.1, -0.05) is 30.3 Å². The van der Waals surface area contributed by atoms with Crippen molar-refractivity contribution in [1.29, 1.82) is 0 Å². The fraction of sp³-hybridized carbons (Fsp3) is 0.125. The van der Waals surface area contributed by atoms with Gasteiger partial charge in [0, 0.05) is 17.8 Å². The van der Waals surface area contributed by atoms with Crippen LogP contribution in [0.15, 0.2) is 60.9 Å². The molecule has 0 aliphatic rings. The van der Waals surface area contributed by atoms with E-state index < -0.39 is 6.04 Å². The first-order valence-electron chi connectivity index (χ1n) is 6.51. The Bertz CT molecular complexity index is 734. The molecule has 0 saturated heterocycles. The zero-order valence-corrected chi connectivity index (χ0v) is 10.9. The second-order valence-corrected chi connectivity index (χ2v) is 4.74. The first kappa shape index (κ1) is 12.6. The van der Waals surface area contributed by atoms with E-state index in [1.54, 1.807) is 12.4 Å². The second kappa shape index (κ2) is 5.27. The average molecular weight is 265 g/mol. The summed E-state index contributed by atoms with van der Waals surface area (Å²) in [7, 11) is 0. The molecule has 0 saturated carbocycles. The fourth-order valence-electron chi connectivity index (χ4n) is 2.28. The lowest BCUT2D eigenvalue weighted by Gasteiger charge is -2.11. The number of nitrogens with zero attached hydrogens (tertiary/aromatic N) is 2. The summed E-state index contributed by atoms with van der Waals surface area (Å²) < 4.78 is 1.53. The van der Waals surface area contributed by atoms with Gasteiger partial charge < -0.3 is 5.73 Å². The third-order valence-electron chi connectivity index (χ3n) is 3.30. The summed E-state index contributed by atoms with van der Waals surface area (Å²) in [5.74, 6) is -0.137. The number of pyridine rings is 1. The Balaban J connectivity index is 1.85. The molecule has 0 fully saturated rings. The monoisotopic (exact) mass is 265 g/mol. The second-order valence-electron chi connectivity index (χ2n) is 4.74. The van der Waals surface area contributed by atoms with Crippen molar-refractivity contribution in [2.75, 3.05) is 0 Å². The summed E-state index contributed by atoms with van der Waals surface area (Å²) >= 11 is 0. The van der Waals surface area contributed by atoms with Crippen LogP contribution in [0.2, 0.25) is 0 Å². The third-order valence-corrected chi connectivity index (χ3v) is 3.30. The minimum absolute atomic E-state index is 0.137. The lowest BCUT2D eigenvalue weighted by Crippen LogP contribution is -2.36. The molecule has 0 aliphatic carbocycles. The van der Waals surface area contributed by atoms with Crippen molar-refractivity contribution in [3.63, 3.8) is 0 Å². The zero-order valence-electron chi connectivity index (χ0n) is 10.9. The predicted octanol–water partition coefficient (Wildman–Crippen LogP) is 2.25. The zero-order chi connectivity index (χ0) is 13.9. The summed E-state index contributed by atoms with van der Waals surface area (Å²) in [5.41, 5.74) is 7.74. The summed E-state index contributed by atoms with van der Waals surface area (Å²) in [6.45, 7) is 0. The van der Waals surface area contributed by atoms with Gasteiger partial charge in [-0.2, -0.15) is 0 Å². The van der Waals surface area contributed by atoms with Gasteiger partial charge in [0.25, 0.3) is 0 Å². The molecule has 4 heteroatoms. The van der Waals surface area contributed by atoms with E-state index in [-0.39, 0.29) is 5.91 Å². The maximum absolute atomic E-state index is 12.4. The van der Waals surface area contributed by atoms with Crippen molar-refractivity contribution >= 4 is 16.9 Å². The van der Waals surface area contributed by atoms with Gasteiger partial charge in [-0.3, -0.25) is 9.36 Å². The SMILES string of the molecule is NC(Cc1ccccc1)C(=O)n1ccc2cccnc21. The van der Waals surface area contributed by atoms with E-state index in [9.17, 15) is 4.79 Å². The molecular weight excluding hydrogens is 250 g/mol. The minimum atomic E-state index is -0.574. The van der Waals surface area contributed by atoms with E-state index in [0.29, 0.717) is 12.1 Å². The van der Waals surface area contributed by atoms with Crippen molar-refractivity contribution < 1.29 is 4.79 Å². The normalized spacial score (nSPS) is 12.4. The molecule has 3 aromatic rings. The quantitative estimate of drug-likeness (QED) is 0.790. The lowest BCUT2D eigenvalue weighted by atomic mass is 10.1. The smallest absolute Gasteiger partial charge is 0.249 e. The first-order valence-corrected chi connectivity index (χ1v) is 6.51. The highest BCUT2D eigenvalue weighted by Gasteiger charge is 2.18. The minimum Gasteiger partial charge on any atom is -0.320 e. The van der Waals surface area contributed by atoms with Gasteiger partial charge in [0.2, 0.25) is 5.91 Å². The van der Waals surface area contributed by atoms with Crippen molar-refractivity contribution in [2.24, 2.45) is 5.73 Å². The molecule has 3 rings (SSSR count). The molecule has 0 amide bonds. The van der Waals surface area contributed by atoms with Gasteiger partial charge >= 0.3 is 0 Å². The van der Waals surface area contributed by atoms with Crippen LogP contribution in [-0.4, -0.2) is 21.5 Å². The summed E-state index contributed by atoms with van der Waals surface area (Å²) in [4.78, 5) is 16.7. The molecule has 0 bridgehead atoms. The molecule has 0 radical (unpaired) electrons. The Kier molecular flexibility index (Phi) is 3.31. The van der Waals surface area contributed by atoms with Crippen molar-refractivity contribution in [1.82, 2.24) is 9.55 Å². The van der Waals surface area contributed by atoms with Crippen LogP contribution in [0, 0.1) is 0 Å². The molecule has 2 heterocycles. The van der Waals surface area contributed by atoms with E-state index in [1.807, 2.05) is 48.5 Å². The van der Waals surface area contributed by atoms with E-state index in [4.69, 9.17) is 5.73 Å². The van der Waals surface area contributed by atoms with E-state index >= 15 is 0 Å². The van der Waals surface area contributed by atoms with Crippen LogP contribution >= 0.6 is 0 Å². The number of aromatic nitrogens is 2. The van der Waals surface area contributed by atoms with Crippen molar-refractivity contribution in [3.8, 4) is 0 Å². The topological polar surface area (TPSA) is 60.9 Å². The Morgan fingerprint density at radius 2 is 1.95 bits per heavy atom. The van der Waals surface area contributed by atoms with Gasteiger partial charge in [0.05, 0.1) is 6.04 Å². The number of carbonyl (C=O) groups excluding carboxylic acids is 1. The number of carbonyl (C=O) groups is 1. The molecule has 100 valence electrons. The molecule has 20 heavy (non-hydrogen) atoms. The molecular formula is C16H15N3O. The first-order chi connectivity index (χ1) is 9.75. The predicted molar refractivity (Wildman–Crippen MR) is 78.5 cm³/mol. The van der Waals surface area contributed by atoms with Crippen LogP contribution in [0.1, 0.15) is 10.4 Å². The lowest BCUT2D eigenvalue weighted by molar-refractivity contribution is 0.0884. The standard InChI is InChI=1S/C16H15N3O/c17-14(11-12-5-2-1-3-6-12)16(20)19-10-8-13-7-4-9-18-15(13)19/h1-10,14H,11,17H2. The Morgan fingerprint density at radius 3 is 2.75 bits per heavy atom. The number of hydrogen-bond donors (Lipinski definition) is 1. The van der Waals surface area contributed by atoms with Crippen LogP contribution in [-0.2, 0) is 6.42 Å². The fourth-order valence-corrected chi connectivity index (χ4v) is 2.28. The average Bonchev–Trinajstić information content (AvgIpc) is 2.91. The molecule has 1 atom stereocenters. The molecule has 0 aliphatic heterocycles. The van der Waals surface area contributed by atoms with Gasteiger partial charge in [-0.05, 0) is 30.2 Å². The highest BCUT2D eigenvalue weighted by Crippen LogP contribution is 2.13. The van der Waals surface area contributed by atoms with Crippen LogP contribution in [0.25, 0.3) is 11.0 Å². The molecule has 0 spiro atoms. The van der Waals surface area contributed by atoms with Gasteiger partial charge in [-0.25, -0.2) is 4.98 Å². The van der Waals surface area contributed by atoms with E-state index in [1.165, 1.54) is 4.57 Å². The van der Waals surface area contributed by atoms with Crippen LogP contribution in [0.4, 0.5) is 0 Å². The Morgan fingerprint density at radius 1 is 1.15 bits per heavy atom. The molecule has 4 nitrogen and oxygen atoms in total. The number of benzene rings is 1. The summed E-state index contributed by atoms with van der Waals surface area (Å²) in [5, 5.41) is 0.938. The van der Waals surface area contributed by atoms with E-state index in [2.05, 4.69) is 4.98 Å². The maximum atomic E-state index is 12.4. The van der Waals surface area contributed by atoms with Crippen LogP contribution in [0.3, 0.4) is 0 Å².